The molecule has 3 aliphatic rings. The van der Waals surface area contributed by atoms with E-state index in [1.807, 2.05) is 25.2 Å². The van der Waals surface area contributed by atoms with E-state index in [0.717, 1.165) is 40.9 Å². The van der Waals surface area contributed by atoms with Gasteiger partial charge in [-0.25, -0.2) is 0 Å². The minimum Gasteiger partial charge on any atom is -0.497 e. The number of anilines is 1. The lowest BCUT2D eigenvalue weighted by atomic mass is 9.64. The second kappa shape index (κ2) is 10.3. The first-order valence-electron chi connectivity index (χ1n) is 13.8. The lowest BCUT2D eigenvalue weighted by Crippen LogP contribution is -2.43. The summed E-state index contributed by atoms with van der Waals surface area (Å²) in [6.07, 6.45) is 2.43. The molecule has 0 spiro atoms. The number of nitrogens with zero attached hydrogens (tertiary/aromatic N) is 1. The van der Waals surface area contributed by atoms with Gasteiger partial charge in [0.2, 0.25) is 0 Å². The van der Waals surface area contributed by atoms with Crippen LogP contribution in [0.2, 0.25) is 0 Å². The van der Waals surface area contributed by atoms with Crippen LogP contribution in [0, 0.1) is 10.8 Å². The first-order valence-corrected chi connectivity index (χ1v) is 13.8. The van der Waals surface area contributed by atoms with Crippen LogP contribution in [-0.4, -0.2) is 43.1 Å². The van der Waals surface area contributed by atoms with Gasteiger partial charge in [0.05, 0.1) is 7.11 Å². The molecule has 5 rings (SSSR count). The van der Waals surface area contributed by atoms with E-state index in [9.17, 15) is 14.4 Å². The number of carbonyl (C=O) groups is 3. The third-order valence-corrected chi connectivity index (χ3v) is 8.12. The Balaban J connectivity index is 1.45. The summed E-state index contributed by atoms with van der Waals surface area (Å²) in [5.41, 5.74) is 4.66. The second-order valence-corrected chi connectivity index (χ2v) is 12.7. The largest absolute Gasteiger partial charge is 0.497 e. The number of benzene rings is 2. The van der Waals surface area contributed by atoms with Gasteiger partial charge in [0, 0.05) is 54.0 Å². The van der Waals surface area contributed by atoms with Gasteiger partial charge in [-0.05, 0) is 65.6 Å². The molecule has 0 saturated carbocycles. The Bertz CT molecular complexity index is 1380. The van der Waals surface area contributed by atoms with Crippen LogP contribution in [0.3, 0.4) is 0 Å². The summed E-state index contributed by atoms with van der Waals surface area (Å²) < 4.78 is 11.0. The Morgan fingerprint density at radius 1 is 0.875 bits per heavy atom. The Kier molecular flexibility index (Phi) is 7.11. The van der Waals surface area contributed by atoms with Crippen LogP contribution in [0.15, 0.2) is 71.1 Å². The molecule has 0 unspecified atom stereocenters. The zero-order valence-electron chi connectivity index (χ0n) is 24.2. The average molecular weight is 543 g/mol. The van der Waals surface area contributed by atoms with Crippen LogP contribution >= 0.6 is 0 Å². The molecule has 0 saturated heterocycles. The lowest BCUT2D eigenvalue weighted by molar-refractivity contribution is -0.120. The van der Waals surface area contributed by atoms with Crippen LogP contribution < -0.4 is 14.8 Å². The number of carbonyl (C=O) groups excluding carboxylic acids is 3. The maximum Gasteiger partial charge on any atom is 0.262 e. The number of hydrogen-bond acceptors (Lipinski definition) is 6. The molecule has 0 bridgehead atoms. The number of rotatable bonds is 6. The van der Waals surface area contributed by atoms with Crippen molar-refractivity contribution >= 4 is 23.2 Å². The Morgan fingerprint density at radius 2 is 1.45 bits per heavy atom. The van der Waals surface area contributed by atoms with E-state index in [-0.39, 0.29) is 34.9 Å². The molecular formula is C33H38N2O5. The molecule has 7 heteroatoms. The second-order valence-electron chi connectivity index (χ2n) is 12.7. The van der Waals surface area contributed by atoms with E-state index in [1.54, 1.807) is 37.4 Å². The molecule has 210 valence electrons. The molecule has 40 heavy (non-hydrogen) atoms. The number of nitrogens with one attached hydrogen (secondary N) is 1. The van der Waals surface area contributed by atoms with E-state index in [1.165, 1.54) is 0 Å². The number of ketones is 2. The molecule has 1 aliphatic heterocycles. The van der Waals surface area contributed by atoms with Gasteiger partial charge in [-0.2, -0.15) is 0 Å². The normalized spacial score (nSPS) is 20.2. The first-order chi connectivity index (χ1) is 18.9. The van der Waals surface area contributed by atoms with E-state index in [4.69, 9.17) is 9.47 Å². The Hall–Kier alpha value is -3.87. The molecule has 0 radical (unpaired) electrons. The monoisotopic (exact) mass is 542 g/mol. The van der Waals surface area contributed by atoms with Crippen molar-refractivity contribution in [1.82, 2.24) is 4.90 Å². The van der Waals surface area contributed by atoms with Gasteiger partial charge in [0.15, 0.2) is 18.2 Å². The molecule has 2 aliphatic carbocycles. The van der Waals surface area contributed by atoms with E-state index in [0.29, 0.717) is 30.0 Å². The van der Waals surface area contributed by atoms with Gasteiger partial charge < -0.3 is 19.7 Å². The van der Waals surface area contributed by atoms with Crippen LogP contribution in [-0.2, 0) is 14.4 Å². The van der Waals surface area contributed by atoms with Crippen LogP contribution in [0.4, 0.5) is 5.69 Å². The van der Waals surface area contributed by atoms with Crippen molar-refractivity contribution in [3.63, 3.8) is 0 Å². The van der Waals surface area contributed by atoms with Gasteiger partial charge in [-0.3, -0.25) is 14.4 Å². The van der Waals surface area contributed by atoms with Crippen LogP contribution in [0.5, 0.6) is 11.5 Å². The smallest absolute Gasteiger partial charge is 0.262 e. The van der Waals surface area contributed by atoms with Gasteiger partial charge in [0.1, 0.15) is 11.5 Å². The third-order valence-electron chi connectivity index (χ3n) is 8.12. The Labute approximate surface area is 236 Å². The standard InChI is InChI=1S/C33H38N2O5/c1-32(2)15-24-30(26(36)17-32)29(31-25(35(24)5)16-33(3,4)18-27(31)37)20-8-7-9-23(14-20)40-19-28(38)34-21-10-12-22(39-6)13-11-21/h7-14,29H,15-19H2,1-6H3,(H,34,38). The summed E-state index contributed by atoms with van der Waals surface area (Å²) in [7, 11) is 3.59. The highest BCUT2D eigenvalue weighted by molar-refractivity contribution is 6.06. The molecule has 1 N–H and O–H groups in total. The molecule has 2 aromatic rings. The minimum atomic E-state index is -0.440. The number of hydrogen-bond donors (Lipinski definition) is 1. The topological polar surface area (TPSA) is 84.9 Å². The van der Waals surface area contributed by atoms with Crippen molar-refractivity contribution in [2.24, 2.45) is 10.8 Å². The fraction of sp³-hybridized carbons (Fsp3) is 0.424. The van der Waals surface area contributed by atoms with Crippen molar-refractivity contribution in [2.75, 3.05) is 26.1 Å². The van der Waals surface area contributed by atoms with Crippen LogP contribution in [0.25, 0.3) is 0 Å². The third kappa shape index (κ3) is 5.42. The van der Waals surface area contributed by atoms with Crippen molar-refractivity contribution in [3.05, 3.63) is 76.6 Å². The lowest BCUT2D eigenvalue weighted by Gasteiger charge is -2.47. The molecule has 1 heterocycles. The van der Waals surface area contributed by atoms with Crippen molar-refractivity contribution in [3.8, 4) is 11.5 Å². The summed E-state index contributed by atoms with van der Waals surface area (Å²) in [5.74, 6) is 0.675. The minimum absolute atomic E-state index is 0.0949. The maximum atomic E-state index is 13.7. The number of allylic oxidation sites excluding steroid dienone is 4. The van der Waals surface area contributed by atoms with Crippen molar-refractivity contribution in [1.29, 1.82) is 0 Å². The number of ether oxygens (including phenoxy) is 2. The summed E-state index contributed by atoms with van der Waals surface area (Å²) in [5, 5.41) is 2.82. The molecular weight excluding hydrogens is 504 g/mol. The molecule has 0 aromatic heterocycles. The summed E-state index contributed by atoms with van der Waals surface area (Å²) in [4.78, 5) is 42.1. The predicted octanol–water partition coefficient (Wildman–Crippen LogP) is 6.03. The molecule has 0 atom stereocenters. The van der Waals surface area contributed by atoms with Gasteiger partial charge in [0.25, 0.3) is 5.91 Å². The average Bonchev–Trinajstić information content (AvgIpc) is 2.88. The van der Waals surface area contributed by atoms with Crippen LogP contribution in [0.1, 0.15) is 64.9 Å². The van der Waals surface area contributed by atoms with Crippen molar-refractivity contribution in [2.45, 2.75) is 59.3 Å². The summed E-state index contributed by atoms with van der Waals surface area (Å²) in [6, 6.07) is 14.5. The number of amides is 1. The fourth-order valence-corrected chi connectivity index (χ4v) is 6.30. The SMILES string of the molecule is COc1ccc(NC(=O)COc2cccc(C3C4=C(CC(C)(C)CC4=O)N(C)C4=C3C(=O)CC(C)(C)C4)c2)cc1. The molecule has 2 aromatic carbocycles. The zero-order chi connectivity index (χ0) is 28.8. The van der Waals surface area contributed by atoms with Gasteiger partial charge in [-0.1, -0.05) is 39.8 Å². The molecule has 1 amide bonds. The number of methoxy groups -OCH3 is 1. The zero-order valence-corrected chi connectivity index (χ0v) is 24.2. The maximum absolute atomic E-state index is 13.7. The highest BCUT2D eigenvalue weighted by Gasteiger charge is 2.48. The molecule has 0 fully saturated rings. The Morgan fingerprint density at radius 3 is 2.00 bits per heavy atom. The quantitative estimate of drug-likeness (QED) is 0.480. The fourth-order valence-electron chi connectivity index (χ4n) is 6.30. The van der Waals surface area contributed by atoms with Gasteiger partial charge in [-0.15, -0.1) is 0 Å². The first kappa shape index (κ1) is 27.7. The highest BCUT2D eigenvalue weighted by atomic mass is 16.5. The number of Topliss-reactive ketones (excluding diaryl/α,β-unsaturated/α-hetero) is 2. The van der Waals surface area contributed by atoms with Crippen molar-refractivity contribution < 1.29 is 23.9 Å². The highest BCUT2D eigenvalue weighted by Crippen LogP contribution is 2.54. The summed E-state index contributed by atoms with van der Waals surface area (Å²) >= 11 is 0. The predicted molar refractivity (Wildman–Crippen MR) is 154 cm³/mol. The van der Waals surface area contributed by atoms with E-state index >= 15 is 0 Å². The van der Waals surface area contributed by atoms with E-state index < -0.39 is 5.92 Å². The van der Waals surface area contributed by atoms with E-state index in [2.05, 4.69) is 37.9 Å². The molecule has 7 nitrogen and oxygen atoms in total. The summed E-state index contributed by atoms with van der Waals surface area (Å²) in [6.45, 7) is 8.34. The van der Waals surface area contributed by atoms with Gasteiger partial charge >= 0.3 is 0 Å².